The second-order valence-electron chi connectivity index (χ2n) is 6.46. The number of fused-ring (bicyclic) bond motifs is 1. The molecule has 0 spiro atoms. The molecule has 1 amide bonds. The molecule has 1 aliphatic rings. The lowest BCUT2D eigenvalue weighted by Crippen LogP contribution is -2.43. The number of amides is 1. The zero-order valence-corrected chi connectivity index (χ0v) is 15.4. The molecule has 7 heteroatoms. The average molecular weight is 381 g/mol. The van der Waals surface area contributed by atoms with Crippen molar-refractivity contribution in [2.75, 3.05) is 11.9 Å². The van der Waals surface area contributed by atoms with Crippen molar-refractivity contribution >= 4 is 32.5 Å². The number of pyridine rings is 1. The van der Waals surface area contributed by atoms with E-state index in [1.165, 1.54) is 4.31 Å². The van der Waals surface area contributed by atoms with Crippen LogP contribution in [0.25, 0.3) is 10.9 Å². The van der Waals surface area contributed by atoms with Gasteiger partial charge in [0, 0.05) is 18.1 Å². The molecule has 2 heterocycles. The smallest absolute Gasteiger partial charge is 0.243 e. The molecule has 1 unspecified atom stereocenters. The molecule has 0 saturated carbocycles. The predicted molar refractivity (Wildman–Crippen MR) is 104 cm³/mol. The zero-order valence-electron chi connectivity index (χ0n) is 14.6. The van der Waals surface area contributed by atoms with Crippen LogP contribution in [-0.4, -0.2) is 36.2 Å². The van der Waals surface area contributed by atoms with Gasteiger partial charge < -0.3 is 5.32 Å². The molecule has 1 atom stereocenters. The summed E-state index contributed by atoms with van der Waals surface area (Å²) in [6.45, 7) is 0.336. The number of aromatic nitrogens is 1. The van der Waals surface area contributed by atoms with Crippen LogP contribution >= 0.6 is 0 Å². The van der Waals surface area contributed by atoms with Gasteiger partial charge in [-0.2, -0.15) is 4.31 Å². The Morgan fingerprint density at radius 2 is 1.81 bits per heavy atom. The number of hydrogen-bond donors (Lipinski definition) is 1. The van der Waals surface area contributed by atoms with Crippen molar-refractivity contribution in [2.45, 2.75) is 23.8 Å². The van der Waals surface area contributed by atoms with E-state index >= 15 is 0 Å². The first-order valence-electron chi connectivity index (χ1n) is 8.79. The molecule has 138 valence electrons. The molecule has 27 heavy (non-hydrogen) atoms. The van der Waals surface area contributed by atoms with Crippen LogP contribution in [0.15, 0.2) is 71.8 Å². The van der Waals surface area contributed by atoms with Crippen molar-refractivity contribution in [3.8, 4) is 0 Å². The van der Waals surface area contributed by atoms with Gasteiger partial charge in [0.05, 0.1) is 16.1 Å². The highest BCUT2D eigenvalue weighted by Crippen LogP contribution is 2.28. The normalized spacial score (nSPS) is 17.9. The number of nitrogens with one attached hydrogen (secondary N) is 1. The highest BCUT2D eigenvalue weighted by atomic mass is 32.2. The third kappa shape index (κ3) is 3.31. The lowest BCUT2D eigenvalue weighted by atomic mass is 10.1. The largest absolute Gasteiger partial charge is 0.323 e. The van der Waals surface area contributed by atoms with Gasteiger partial charge in [-0.25, -0.2) is 8.42 Å². The van der Waals surface area contributed by atoms with Gasteiger partial charge in [0.25, 0.3) is 0 Å². The fraction of sp³-hybridized carbons (Fsp3) is 0.200. The van der Waals surface area contributed by atoms with Crippen LogP contribution in [0.3, 0.4) is 0 Å². The molecule has 1 N–H and O–H groups in total. The third-order valence-corrected chi connectivity index (χ3v) is 6.67. The van der Waals surface area contributed by atoms with Gasteiger partial charge in [0.1, 0.15) is 6.04 Å². The first-order valence-corrected chi connectivity index (χ1v) is 10.2. The van der Waals surface area contributed by atoms with Crippen molar-refractivity contribution in [2.24, 2.45) is 0 Å². The van der Waals surface area contributed by atoms with E-state index in [0.717, 1.165) is 5.39 Å². The topological polar surface area (TPSA) is 79.4 Å². The van der Waals surface area contributed by atoms with Crippen molar-refractivity contribution in [1.29, 1.82) is 0 Å². The van der Waals surface area contributed by atoms with Gasteiger partial charge >= 0.3 is 0 Å². The SMILES string of the molecule is O=C(Nc1cccc2cccnc12)C1CCCN1S(=O)(=O)c1ccccc1. The fourth-order valence-corrected chi connectivity index (χ4v) is 5.12. The van der Waals surface area contributed by atoms with Crippen LogP contribution in [0.5, 0.6) is 0 Å². The summed E-state index contributed by atoms with van der Waals surface area (Å²) in [5, 5.41) is 3.79. The second kappa shape index (κ2) is 7.09. The van der Waals surface area contributed by atoms with Gasteiger partial charge in [-0.3, -0.25) is 9.78 Å². The van der Waals surface area contributed by atoms with Gasteiger partial charge in [0.2, 0.25) is 15.9 Å². The molecule has 1 saturated heterocycles. The Kier molecular flexibility index (Phi) is 4.63. The summed E-state index contributed by atoms with van der Waals surface area (Å²) < 4.78 is 27.2. The van der Waals surface area contributed by atoms with Crippen molar-refractivity contribution in [1.82, 2.24) is 9.29 Å². The average Bonchev–Trinajstić information content (AvgIpc) is 3.20. The lowest BCUT2D eigenvalue weighted by molar-refractivity contribution is -0.119. The van der Waals surface area contributed by atoms with E-state index in [0.29, 0.717) is 30.6 Å². The van der Waals surface area contributed by atoms with Crippen LogP contribution in [0.1, 0.15) is 12.8 Å². The molecule has 1 fully saturated rings. The summed E-state index contributed by atoms with van der Waals surface area (Å²) in [7, 11) is -3.71. The summed E-state index contributed by atoms with van der Waals surface area (Å²) in [5.41, 5.74) is 1.27. The number of sulfonamides is 1. The Balaban J connectivity index is 1.61. The number of anilines is 1. The van der Waals surface area contributed by atoms with Crippen LogP contribution in [-0.2, 0) is 14.8 Å². The number of para-hydroxylation sites is 1. The molecule has 0 radical (unpaired) electrons. The van der Waals surface area contributed by atoms with Crippen LogP contribution in [0.4, 0.5) is 5.69 Å². The van der Waals surface area contributed by atoms with E-state index in [1.54, 1.807) is 42.6 Å². The summed E-state index contributed by atoms with van der Waals surface area (Å²) in [6, 6.07) is 16.8. The second-order valence-corrected chi connectivity index (χ2v) is 8.35. The highest BCUT2D eigenvalue weighted by molar-refractivity contribution is 7.89. The van der Waals surface area contributed by atoms with E-state index in [1.807, 2.05) is 24.3 Å². The number of hydrogen-bond acceptors (Lipinski definition) is 4. The summed E-state index contributed by atoms with van der Waals surface area (Å²) >= 11 is 0. The number of benzene rings is 2. The summed E-state index contributed by atoms with van der Waals surface area (Å²) in [6.07, 6.45) is 2.81. The van der Waals surface area contributed by atoms with Gasteiger partial charge in [-0.1, -0.05) is 36.4 Å². The van der Waals surface area contributed by atoms with E-state index in [-0.39, 0.29) is 10.8 Å². The molecule has 0 aliphatic carbocycles. The Labute approximate surface area is 157 Å². The van der Waals surface area contributed by atoms with E-state index in [4.69, 9.17) is 0 Å². The number of carbonyl (C=O) groups is 1. The molecule has 0 bridgehead atoms. The Morgan fingerprint density at radius 1 is 1.04 bits per heavy atom. The molecule has 6 nitrogen and oxygen atoms in total. The first kappa shape index (κ1) is 17.6. The molecule has 3 aromatic rings. The first-order chi connectivity index (χ1) is 13.1. The Morgan fingerprint density at radius 3 is 2.63 bits per heavy atom. The zero-order chi connectivity index (χ0) is 18.9. The Bertz CT molecular complexity index is 1080. The standard InChI is InChI=1S/C20H19N3O3S/c24-20(22-17-11-4-7-15-8-5-13-21-19(15)17)18-12-6-14-23(18)27(25,26)16-9-2-1-3-10-16/h1-5,7-11,13,18H,6,12,14H2,(H,22,24). The van der Waals surface area contributed by atoms with Crippen molar-refractivity contribution < 1.29 is 13.2 Å². The van der Waals surface area contributed by atoms with E-state index in [2.05, 4.69) is 10.3 Å². The summed E-state index contributed by atoms with van der Waals surface area (Å²) in [4.78, 5) is 17.4. The minimum atomic E-state index is -3.71. The van der Waals surface area contributed by atoms with Crippen LogP contribution < -0.4 is 5.32 Å². The van der Waals surface area contributed by atoms with Crippen LogP contribution in [0, 0.1) is 0 Å². The minimum Gasteiger partial charge on any atom is -0.323 e. The van der Waals surface area contributed by atoms with E-state index < -0.39 is 16.1 Å². The summed E-state index contributed by atoms with van der Waals surface area (Å²) in [5.74, 6) is -0.329. The van der Waals surface area contributed by atoms with Gasteiger partial charge in [0.15, 0.2) is 0 Å². The van der Waals surface area contributed by atoms with E-state index in [9.17, 15) is 13.2 Å². The third-order valence-electron chi connectivity index (χ3n) is 4.75. The number of rotatable bonds is 4. The number of carbonyl (C=O) groups excluding carboxylic acids is 1. The molecular formula is C20H19N3O3S. The van der Waals surface area contributed by atoms with Crippen LogP contribution in [0.2, 0.25) is 0 Å². The Hall–Kier alpha value is -2.77. The van der Waals surface area contributed by atoms with Gasteiger partial charge in [-0.05, 0) is 37.1 Å². The fourth-order valence-electron chi connectivity index (χ4n) is 3.44. The minimum absolute atomic E-state index is 0.205. The maximum absolute atomic E-state index is 12.9. The predicted octanol–water partition coefficient (Wildman–Crippen LogP) is 3.03. The number of nitrogens with zero attached hydrogens (tertiary/aromatic N) is 2. The van der Waals surface area contributed by atoms with Crippen molar-refractivity contribution in [3.63, 3.8) is 0 Å². The highest BCUT2D eigenvalue weighted by Gasteiger charge is 2.39. The molecule has 1 aliphatic heterocycles. The van der Waals surface area contributed by atoms with Crippen molar-refractivity contribution in [3.05, 3.63) is 66.9 Å². The molecule has 2 aromatic carbocycles. The monoisotopic (exact) mass is 381 g/mol. The maximum atomic E-state index is 12.9. The molecule has 1 aromatic heterocycles. The molecular weight excluding hydrogens is 362 g/mol. The molecule has 4 rings (SSSR count). The van der Waals surface area contributed by atoms with Gasteiger partial charge in [-0.15, -0.1) is 0 Å². The maximum Gasteiger partial charge on any atom is 0.243 e. The lowest BCUT2D eigenvalue weighted by Gasteiger charge is -2.23. The quantitative estimate of drug-likeness (QED) is 0.753.